The molecular formula is C15H22N4O. The third-order valence-electron chi connectivity index (χ3n) is 5.73. The van der Waals surface area contributed by atoms with Gasteiger partial charge in [0.15, 0.2) is 0 Å². The molecule has 0 atom stereocenters. The third-order valence-corrected chi connectivity index (χ3v) is 5.73. The zero-order valence-electron chi connectivity index (χ0n) is 11.6. The number of hydrogen-bond donors (Lipinski definition) is 3. The highest BCUT2D eigenvalue weighted by Gasteiger charge is 2.50. The van der Waals surface area contributed by atoms with Crippen molar-refractivity contribution in [2.45, 2.75) is 38.6 Å². The molecule has 108 valence electrons. The number of nitrogens with zero attached hydrogens (tertiary/aromatic N) is 1. The number of hydrogen-bond acceptors (Lipinski definition) is 3. The van der Waals surface area contributed by atoms with E-state index in [1.54, 1.807) is 6.20 Å². The molecule has 4 aliphatic carbocycles. The maximum absolute atomic E-state index is 12.6. The Morgan fingerprint density at radius 3 is 2.45 bits per heavy atom. The van der Waals surface area contributed by atoms with Gasteiger partial charge in [-0.1, -0.05) is 0 Å². The van der Waals surface area contributed by atoms with Crippen LogP contribution in [0.2, 0.25) is 0 Å². The molecule has 0 spiro atoms. The lowest BCUT2D eigenvalue weighted by molar-refractivity contribution is -0.138. The van der Waals surface area contributed by atoms with Crippen LogP contribution in [0.5, 0.6) is 0 Å². The maximum Gasteiger partial charge on any atom is 0.223 e. The Labute approximate surface area is 118 Å². The van der Waals surface area contributed by atoms with E-state index in [2.05, 4.69) is 15.5 Å². The summed E-state index contributed by atoms with van der Waals surface area (Å²) in [7, 11) is 0. The average Bonchev–Trinajstić information content (AvgIpc) is 2.80. The molecule has 1 aromatic rings. The quantitative estimate of drug-likeness (QED) is 0.784. The molecule has 0 saturated heterocycles. The number of aromatic nitrogens is 2. The van der Waals surface area contributed by atoms with E-state index in [0.717, 1.165) is 17.4 Å². The van der Waals surface area contributed by atoms with Gasteiger partial charge in [-0.2, -0.15) is 5.10 Å². The summed E-state index contributed by atoms with van der Waals surface area (Å²) in [6, 6.07) is 0. The van der Waals surface area contributed by atoms with Crippen molar-refractivity contribution >= 4 is 11.7 Å². The van der Waals surface area contributed by atoms with E-state index in [0.29, 0.717) is 24.2 Å². The van der Waals surface area contributed by atoms with Crippen LogP contribution < -0.4 is 11.1 Å². The lowest BCUT2D eigenvalue weighted by Crippen LogP contribution is -2.50. The fraction of sp³-hybridized carbons (Fsp3) is 0.733. The smallest absolute Gasteiger partial charge is 0.223 e. The second-order valence-corrected chi connectivity index (χ2v) is 6.98. The number of H-pyrrole nitrogens is 1. The summed E-state index contributed by atoms with van der Waals surface area (Å²) in [5.41, 5.74) is 6.63. The van der Waals surface area contributed by atoms with Gasteiger partial charge in [0, 0.05) is 18.0 Å². The van der Waals surface area contributed by atoms with Crippen molar-refractivity contribution < 1.29 is 4.79 Å². The van der Waals surface area contributed by atoms with Crippen LogP contribution >= 0.6 is 0 Å². The second kappa shape index (κ2) is 4.50. The topological polar surface area (TPSA) is 83.8 Å². The summed E-state index contributed by atoms with van der Waals surface area (Å²) < 4.78 is 0. The normalized spacial score (nSPS) is 38.1. The molecule has 1 heterocycles. The van der Waals surface area contributed by atoms with E-state index in [1.165, 1.54) is 32.1 Å². The summed E-state index contributed by atoms with van der Waals surface area (Å²) in [6.45, 7) is 0.490. The van der Waals surface area contributed by atoms with Crippen LogP contribution in [0, 0.1) is 29.6 Å². The molecule has 4 N–H and O–H groups in total. The molecule has 1 amide bonds. The van der Waals surface area contributed by atoms with Gasteiger partial charge >= 0.3 is 0 Å². The van der Waals surface area contributed by atoms with Crippen LogP contribution in [-0.4, -0.2) is 16.1 Å². The van der Waals surface area contributed by atoms with Crippen molar-refractivity contribution in [2.75, 3.05) is 5.73 Å². The fourth-order valence-electron chi connectivity index (χ4n) is 5.12. The summed E-state index contributed by atoms with van der Waals surface area (Å²) in [5.74, 6) is 4.11. The Balaban J connectivity index is 1.43. The number of nitrogens with one attached hydrogen (secondary N) is 2. The minimum atomic E-state index is 0.236. The van der Waals surface area contributed by atoms with Crippen LogP contribution in [-0.2, 0) is 11.3 Å². The maximum atomic E-state index is 12.6. The lowest BCUT2D eigenvalue weighted by Gasteiger charge is -2.53. The van der Waals surface area contributed by atoms with E-state index in [-0.39, 0.29) is 11.8 Å². The molecule has 20 heavy (non-hydrogen) atoms. The number of amides is 1. The zero-order valence-corrected chi connectivity index (χ0v) is 11.6. The molecule has 0 aliphatic heterocycles. The first-order valence-corrected chi connectivity index (χ1v) is 7.76. The molecule has 4 saturated carbocycles. The average molecular weight is 274 g/mol. The van der Waals surface area contributed by atoms with Gasteiger partial charge in [-0.05, 0) is 55.8 Å². The Kier molecular flexibility index (Phi) is 2.75. The fourth-order valence-corrected chi connectivity index (χ4v) is 5.12. The first kappa shape index (κ1) is 12.2. The number of carbonyl (C=O) groups is 1. The van der Waals surface area contributed by atoms with Gasteiger partial charge in [-0.25, -0.2) is 0 Å². The van der Waals surface area contributed by atoms with Crippen molar-refractivity contribution in [1.29, 1.82) is 0 Å². The largest absolute Gasteiger partial charge is 0.384 e. The van der Waals surface area contributed by atoms with Crippen LogP contribution in [0.15, 0.2) is 6.20 Å². The molecule has 4 bridgehead atoms. The van der Waals surface area contributed by atoms with E-state index < -0.39 is 0 Å². The van der Waals surface area contributed by atoms with Crippen molar-refractivity contribution in [2.24, 2.45) is 29.6 Å². The number of rotatable bonds is 3. The summed E-state index contributed by atoms with van der Waals surface area (Å²) in [4.78, 5) is 12.6. The highest BCUT2D eigenvalue weighted by atomic mass is 16.1. The van der Waals surface area contributed by atoms with Crippen molar-refractivity contribution in [1.82, 2.24) is 15.5 Å². The summed E-state index contributed by atoms with van der Waals surface area (Å²) in [6.07, 6.45) is 8.22. The number of carbonyl (C=O) groups excluding carboxylic acids is 1. The lowest BCUT2D eigenvalue weighted by atomic mass is 9.51. The van der Waals surface area contributed by atoms with Gasteiger partial charge in [-0.3, -0.25) is 9.89 Å². The Bertz CT molecular complexity index is 496. The highest BCUT2D eigenvalue weighted by Crippen LogP contribution is 2.56. The summed E-state index contributed by atoms with van der Waals surface area (Å²) in [5, 5.41) is 9.66. The van der Waals surface area contributed by atoms with Crippen LogP contribution in [0.1, 0.15) is 37.7 Å². The minimum absolute atomic E-state index is 0.236. The second-order valence-electron chi connectivity index (χ2n) is 6.98. The number of anilines is 1. The van der Waals surface area contributed by atoms with E-state index in [4.69, 9.17) is 5.73 Å². The summed E-state index contributed by atoms with van der Waals surface area (Å²) >= 11 is 0. The molecule has 0 aromatic carbocycles. The Morgan fingerprint density at radius 2 is 1.90 bits per heavy atom. The van der Waals surface area contributed by atoms with E-state index >= 15 is 0 Å². The van der Waals surface area contributed by atoms with Crippen molar-refractivity contribution in [3.05, 3.63) is 11.8 Å². The highest BCUT2D eigenvalue weighted by molar-refractivity contribution is 5.79. The van der Waals surface area contributed by atoms with Gasteiger partial charge in [0.1, 0.15) is 5.82 Å². The van der Waals surface area contributed by atoms with Crippen LogP contribution in [0.4, 0.5) is 5.82 Å². The van der Waals surface area contributed by atoms with Crippen LogP contribution in [0.3, 0.4) is 0 Å². The monoisotopic (exact) mass is 274 g/mol. The predicted octanol–water partition coefficient (Wildman–Crippen LogP) is 1.68. The van der Waals surface area contributed by atoms with Gasteiger partial charge < -0.3 is 11.1 Å². The van der Waals surface area contributed by atoms with Crippen molar-refractivity contribution in [3.8, 4) is 0 Å². The van der Waals surface area contributed by atoms with E-state index in [9.17, 15) is 4.79 Å². The first-order chi connectivity index (χ1) is 9.70. The predicted molar refractivity (Wildman–Crippen MR) is 75.4 cm³/mol. The van der Waals surface area contributed by atoms with Gasteiger partial charge in [0.2, 0.25) is 5.91 Å². The molecular weight excluding hydrogens is 252 g/mol. The molecule has 4 fully saturated rings. The molecule has 5 rings (SSSR count). The van der Waals surface area contributed by atoms with E-state index in [1.807, 2.05) is 0 Å². The third kappa shape index (κ3) is 1.91. The molecule has 5 heteroatoms. The van der Waals surface area contributed by atoms with Gasteiger partial charge in [-0.15, -0.1) is 0 Å². The number of nitrogens with two attached hydrogens (primary N) is 1. The molecule has 0 radical (unpaired) electrons. The zero-order chi connectivity index (χ0) is 13.7. The SMILES string of the molecule is Nc1[nH]ncc1CNC(=O)C1C2CC3CC(C2)CC1C3. The number of nitrogen functional groups attached to an aromatic ring is 1. The first-order valence-electron chi connectivity index (χ1n) is 7.76. The minimum Gasteiger partial charge on any atom is -0.384 e. The van der Waals surface area contributed by atoms with Gasteiger partial charge in [0.05, 0.1) is 6.20 Å². The Morgan fingerprint density at radius 1 is 1.25 bits per heavy atom. The molecule has 4 aliphatic rings. The standard InChI is InChI=1S/C15H22N4O/c16-14-12(7-18-19-14)6-17-15(20)13-10-2-8-1-9(4-10)5-11(13)3-8/h7-11,13H,1-6H2,(H,17,20)(H3,16,18,19). The van der Waals surface area contributed by atoms with Crippen molar-refractivity contribution in [3.63, 3.8) is 0 Å². The van der Waals surface area contributed by atoms with Gasteiger partial charge in [0.25, 0.3) is 0 Å². The molecule has 5 nitrogen and oxygen atoms in total. The molecule has 1 aromatic heterocycles. The molecule has 0 unspecified atom stereocenters. The Hall–Kier alpha value is -1.52. The van der Waals surface area contributed by atoms with Crippen LogP contribution in [0.25, 0.3) is 0 Å². The number of aromatic amines is 1.